The lowest BCUT2D eigenvalue weighted by molar-refractivity contribution is 0.211. The van der Waals surface area contributed by atoms with E-state index in [0.717, 1.165) is 38.2 Å². The number of likely N-dealkylation sites (tertiary alicyclic amines) is 1. The molecule has 0 spiro atoms. The highest BCUT2D eigenvalue weighted by Crippen LogP contribution is 2.32. The Labute approximate surface area is 257 Å². The molecule has 0 amide bonds. The van der Waals surface area contributed by atoms with Gasteiger partial charge in [-0.3, -0.25) is 9.47 Å². The highest BCUT2D eigenvalue weighted by molar-refractivity contribution is 5.84. The van der Waals surface area contributed by atoms with Gasteiger partial charge in [0, 0.05) is 43.8 Å². The van der Waals surface area contributed by atoms with Gasteiger partial charge in [0.05, 0.1) is 23.0 Å². The predicted octanol–water partition coefficient (Wildman–Crippen LogP) is 4.93. The highest BCUT2D eigenvalue weighted by Gasteiger charge is 2.22. The zero-order valence-corrected chi connectivity index (χ0v) is 24.1. The molecule has 0 radical (unpaired) electrons. The van der Waals surface area contributed by atoms with Crippen molar-refractivity contribution in [1.29, 1.82) is 5.26 Å². The van der Waals surface area contributed by atoms with Crippen LogP contribution in [0.1, 0.15) is 30.0 Å². The third-order valence-electron chi connectivity index (χ3n) is 7.92. The Hall–Kier alpha value is -5.74. The second-order valence-electron chi connectivity index (χ2n) is 10.8. The largest absolute Gasteiger partial charge is 0.383 e. The molecule has 0 saturated carbocycles. The van der Waals surface area contributed by atoms with Crippen molar-refractivity contribution < 1.29 is 8.91 Å². The van der Waals surface area contributed by atoms with Crippen LogP contribution in [-0.4, -0.2) is 58.7 Å². The molecule has 7 rings (SSSR count). The van der Waals surface area contributed by atoms with Crippen LogP contribution in [0.25, 0.3) is 39.5 Å². The number of aromatic nitrogens is 7. The Kier molecular flexibility index (Phi) is 7.54. The number of hydrogen-bond donors (Lipinski definition) is 2. The molecule has 45 heavy (non-hydrogen) atoms. The molecule has 1 saturated heterocycles. The molecule has 0 atom stereocenters. The number of alkyl halides is 1. The smallest absolute Gasteiger partial charge is 0.234 e. The summed E-state index contributed by atoms with van der Waals surface area (Å²) >= 11 is 0. The van der Waals surface area contributed by atoms with Crippen LogP contribution in [0.2, 0.25) is 0 Å². The standard InChI is InChI=1S/C32H28FN11O/c33-16-27-24(18-38-45-27)25-7-8-26-32(40-25)44(31(41-26)23-2-1-12-37-30(23)35)22-5-3-20(4-6-22)19-43-14-10-21(11-15-43)39-28-9-13-36-29(17-34)42-28/h1-9,12-13,18,21H,10-11,14-16,19H2,(H2,35,37)(H,36,39,42). The van der Waals surface area contributed by atoms with Gasteiger partial charge in [0.15, 0.2) is 23.9 Å². The third-order valence-corrected chi connectivity index (χ3v) is 7.92. The van der Waals surface area contributed by atoms with Crippen molar-refractivity contribution in [1.82, 2.24) is 39.5 Å². The number of imidazole rings is 1. The number of nitrogens with one attached hydrogen (secondary N) is 1. The minimum atomic E-state index is -0.785. The van der Waals surface area contributed by atoms with Crippen LogP contribution in [0.5, 0.6) is 0 Å². The predicted molar refractivity (Wildman–Crippen MR) is 165 cm³/mol. The molecule has 5 aromatic heterocycles. The van der Waals surface area contributed by atoms with Crippen molar-refractivity contribution in [3.63, 3.8) is 0 Å². The van der Waals surface area contributed by atoms with E-state index in [1.165, 1.54) is 11.8 Å². The number of rotatable bonds is 8. The highest BCUT2D eigenvalue weighted by atomic mass is 19.1. The van der Waals surface area contributed by atoms with Gasteiger partial charge in [-0.25, -0.2) is 29.3 Å². The molecule has 12 nitrogen and oxygen atoms in total. The van der Waals surface area contributed by atoms with Gasteiger partial charge in [0.25, 0.3) is 0 Å². The van der Waals surface area contributed by atoms with E-state index in [1.54, 1.807) is 24.5 Å². The lowest BCUT2D eigenvalue weighted by atomic mass is 10.0. The molecule has 0 unspecified atom stereocenters. The van der Waals surface area contributed by atoms with Crippen LogP contribution in [0, 0.1) is 11.3 Å². The van der Waals surface area contributed by atoms with E-state index in [0.29, 0.717) is 45.4 Å². The maximum Gasteiger partial charge on any atom is 0.234 e. The summed E-state index contributed by atoms with van der Waals surface area (Å²) in [6, 6.07) is 19.7. The topological polar surface area (TPSA) is 160 Å². The van der Waals surface area contributed by atoms with E-state index in [1.807, 2.05) is 41.0 Å². The van der Waals surface area contributed by atoms with Gasteiger partial charge in [-0.1, -0.05) is 17.3 Å². The summed E-state index contributed by atoms with van der Waals surface area (Å²) in [6.45, 7) is 1.89. The number of pyridine rings is 2. The van der Waals surface area contributed by atoms with Crippen LogP contribution in [0.4, 0.5) is 16.0 Å². The number of fused-ring (bicyclic) bond motifs is 1. The summed E-state index contributed by atoms with van der Waals surface area (Å²) < 4.78 is 20.6. The number of nitrogen functional groups attached to an aromatic ring is 1. The molecule has 224 valence electrons. The van der Waals surface area contributed by atoms with E-state index in [9.17, 15) is 4.39 Å². The molecule has 1 fully saturated rings. The van der Waals surface area contributed by atoms with Crippen molar-refractivity contribution in [3.8, 4) is 34.4 Å². The average molecular weight is 602 g/mol. The minimum Gasteiger partial charge on any atom is -0.383 e. The maximum absolute atomic E-state index is 13.6. The molecular weight excluding hydrogens is 573 g/mol. The third kappa shape index (κ3) is 5.66. The Balaban J connectivity index is 1.14. The Morgan fingerprint density at radius 1 is 0.978 bits per heavy atom. The van der Waals surface area contributed by atoms with Crippen molar-refractivity contribution in [2.24, 2.45) is 0 Å². The van der Waals surface area contributed by atoms with Crippen molar-refractivity contribution >= 4 is 22.8 Å². The summed E-state index contributed by atoms with van der Waals surface area (Å²) in [6.07, 6.45) is 6.64. The van der Waals surface area contributed by atoms with E-state index in [-0.39, 0.29) is 17.6 Å². The average Bonchev–Trinajstić information content (AvgIpc) is 3.71. The molecule has 1 aromatic carbocycles. The summed E-state index contributed by atoms with van der Waals surface area (Å²) in [5.41, 5.74) is 11.3. The van der Waals surface area contributed by atoms with Crippen molar-refractivity contribution in [2.45, 2.75) is 32.1 Å². The molecule has 0 aliphatic carbocycles. The van der Waals surface area contributed by atoms with Gasteiger partial charge in [-0.05, 0) is 60.9 Å². The summed E-state index contributed by atoms with van der Waals surface area (Å²) in [7, 11) is 0. The molecule has 1 aliphatic rings. The van der Waals surface area contributed by atoms with E-state index in [2.05, 4.69) is 42.5 Å². The van der Waals surface area contributed by atoms with Gasteiger partial charge in [-0.15, -0.1) is 0 Å². The fourth-order valence-electron chi connectivity index (χ4n) is 5.65. The van der Waals surface area contributed by atoms with Gasteiger partial charge >= 0.3 is 0 Å². The van der Waals surface area contributed by atoms with Crippen LogP contribution >= 0.6 is 0 Å². The van der Waals surface area contributed by atoms with Crippen LogP contribution in [0.15, 0.2) is 77.7 Å². The number of hydrogen-bond acceptors (Lipinski definition) is 11. The first-order valence-electron chi connectivity index (χ1n) is 14.5. The summed E-state index contributed by atoms with van der Waals surface area (Å²) in [5, 5.41) is 16.3. The summed E-state index contributed by atoms with van der Waals surface area (Å²) in [5.74, 6) is 1.92. The fraction of sp³-hybridized carbons (Fsp3) is 0.219. The fourth-order valence-corrected chi connectivity index (χ4v) is 5.65. The molecule has 1 aliphatic heterocycles. The molecular formula is C32H28FN11O. The number of anilines is 2. The number of nitrogens with zero attached hydrogens (tertiary/aromatic N) is 9. The van der Waals surface area contributed by atoms with Crippen LogP contribution in [-0.2, 0) is 13.2 Å². The number of halogens is 1. The molecule has 6 aromatic rings. The first-order valence-corrected chi connectivity index (χ1v) is 14.5. The number of nitriles is 1. The first-order chi connectivity index (χ1) is 22.1. The second-order valence-corrected chi connectivity index (χ2v) is 10.8. The number of nitrogens with two attached hydrogens (primary N) is 1. The lowest BCUT2D eigenvalue weighted by Gasteiger charge is -2.32. The van der Waals surface area contributed by atoms with Crippen LogP contribution in [0.3, 0.4) is 0 Å². The first kappa shape index (κ1) is 28.1. The van der Waals surface area contributed by atoms with E-state index >= 15 is 0 Å². The lowest BCUT2D eigenvalue weighted by Crippen LogP contribution is -2.38. The quantitative estimate of drug-likeness (QED) is 0.243. The summed E-state index contributed by atoms with van der Waals surface area (Å²) in [4.78, 5) is 24.6. The van der Waals surface area contributed by atoms with Gasteiger partial charge in [-0.2, -0.15) is 5.26 Å². The van der Waals surface area contributed by atoms with Crippen molar-refractivity contribution in [2.75, 3.05) is 24.1 Å². The normalized spacial score (nSPS) is 14.0. The maximum atomic E-state index is 13.6. The Morgan fingerprint density at radius 2 is 1.82 bits per heavy atom. The molecule has 6 heterocycles. The van der Waals surface area contributed by atoms with Gasteiger partial charge < -0.3 is 15.6 Å². The zero-order chi connectivity index (χ0) is 30.8. The SMILES string of the molecule is N#Cc1nccc(NC2CCN(Cc3ccc(-n4c(-c5cccnc5N)nc5ccc(-c6cnoc6CF)nc54)cc3)CC2)n1. The Bertz CT molecular complexity index is 2010. The molecule has 3 N–H and O–H groups in total. The van der Waals surface area contributed by atoms with E-state index < -0.39 is 6.67 Å². The van der Waals surface area contributed by atoms with Gasteiger partial charge in [0.2, 0.25) is 5.82 Å². The zero-order valence-electron chi connectivity index (χ0n) is 24.1. The van der Waals surface area contributed by atoms with Crippen molar-refractivity contribution in [3.05, 3.63) is 90.3 Å². The minimum absolute atomic E-state index is 0.121. The van der Waals surface area contributed by atoms with Gasteiger partial charge in [0.1, 0.15) is 23.2 Å². The molecule has 13 heteroatoms. The molecule has 0 bridgehead atoms. The van der Waals surface area contributed by atoms with E-state index in [4.69, 9.17) is 25.5 Å². The number of piperidine rings is 1. The monoisotopic (exact) mass is 601 g/mol. The van der Waals surface area contributed by atoms with Crippen LogP contribution < -0.4 is 11.1 Å². The Morgan fingerprint density at radius 3 is 2.60 bits per heavy atom. The number of benzene rings is 1. The second kappa shape index (κ2) is 12.1.